The lowest BCUT2D eigenvalue weighted by Crippen LogP contribution is -2.29. The summed E-state index contributed by atoms with van der Waals surface area (Å²) in [6.45, 7) is 0. The van der Waals surface area contributed by atoms with E-state index in [2.05, 4.69) is 15.5 Å². The minimum absolute atomic E-state index is 0.179. The van der Waals surface area contributed by atoms with E-state index in [0.29, 0.717) is 5.15 Å². The minimum atomic E-state index is -0.179. The highest BCUT2D eigenvalue weighted by Crippen LogP contribution is 2.20. The Labute approximate surface area is 98.2 Å². The summed E-state index contributed by atoms with van der Waals surface area (Å²) in [5, 5.41) is 4.74. The zero-order chi connectivity index (χ0) is 11.5. The smallest absolute Gasteiger partial charge is 0.129 e. The largest absolute Gasteiger partial charge is 0.275 e. The second-order valence-corrected chi connectivity index (χ2v) is 3.81. The van der Waals surface area contributed by atoms with Crippen LogP contribution >= 0.6 is 11.6 Å². The van der Waals surface area contributed by atoms with Gasteiger partial charge >= 0.3 is 0 Å². The molecule has 2 rings (SSSR count). The Balaban J connectivity index is 2.36. The number of rotatable bonds is 3. The Morgan fingerprint density at radius 2 is 2.31 bits per heavy atom. The molecule has 16 heavy (non-hydrogen) atoms. The van der Waals surface area contributed by atoms with E-state index < -0.39 is 0 Å². The molecule has 2 aromatic heterocycles. The molecule has 6 heteroatoms. The van der Waals surface area contributed by atoms with Crippen molar-refractivity contribution in [3.63, 3.8) is 0 Å². The molecular formula is C10H12ClN5. The van der Waals surface area contributed by atoms with E-state index in [-0.39, 0.29) is 6.04 Å². The molecule has 0 saturated heterocycles. The first-order chi connectivity index (χ1) is 7.70. The SMILES string of the molecule is Cn1ccc(C(NN)c2ccnc(Cl)c2)n1. The van der Waals surface area contributed by atoms with Gasteiger partial charge in [-0.2, -0.15) is 5.10 Å². The van der Waals surface area contributed by atoms with Crippen molar-refractivity contribution in [3.05, 3.63) is 47.0 Å². The number of nitrogens with one attached hydrogen (secondary N) is 1. The van der Waals surface area contributed by atoms with Crippen LogP contribution in [0.2, 0.25) is 5.15 Å². The van der Waals surface area contributed by atoms with Crippen LogP contribution in [0.25, 0.3) is 0 Å². The number of aromatic nitrogens is 3. The number of hydrogen-bond donors (Lipinski definition) is 2. The van der Waals surface area contributed by atoms with E-state index in [0.717, 1.165) is 11.3 Å². The molecule has 0 fully saturated rings. The Bertz CT molecular complexity index is 482. The second kappa shape index (κ2) is 4.61. The fourth-order valence-electron chi connectivity index (χ4n) is 1.54. The van der Waals surface area contributed by atoms with Crippen LogP contribution in [0.4, 0.5) is 0 Å². The molecule has 0 bridgehead atoms. The van der Waals surface area contributed by atoms with Gasteiger partial charge in [-0.3, -0.25) is 10.5 Å². The first-order valence-corrected chi connectivity index (χ1v) is 5.15. The van der Waals surface area contributed by atoms with Crippen LogP contribution in [0.15, 0.2) is 30.6 Å². The molecule has 1 unspecified atom stereocenters. The first kappa shape index (κ1) is 11.1. The molecule has 0 aliphatic rings. The molecule has 0 radical (unpaired) electrons. The summed E-state index contributed by atoms with van der Waals surface area (Å²) in [6, 6.07) is 5.34. The van der Waals surface area contributed by atoms with Gasteiger partial charge in [-0.05, 0) is 23.8 Å². The number of hydrazine groups is 1. The topological polar surface area (TPSA) is 68.8 Å². The van der Waals surface area contributed by atoms with Crippen LogP contribution in [0, 0.1) is 0 Å². The van der Waals surface area contributed by atoms with E-state index in [1.165, 1.54) is 0 Å². The molecule has 84 valence electrons. The predicted molar refractivity (Wildman–Crippen MR) is 61.6 cm³/mol. The van der Waals surface area contributed by atoms with E-state index in [1.807, 2.05) is 25.4 Å². The third kappa shape index (κ3) is 2.21. The second-order valence-electron chi connectivity index (χ2n) is 3.43. The van der Waals surface area contributed by atoms with Crippen LogP contribution in [-0.2, 0) is 7.05 Å². The molecule has 0 saturated carbocycles. The normalized spacial score (nSPS) is 12.7. The highest BCUT2D eigenvalue weighted by Gasteiger charge is 2.15. The third-order valence-electron chi connectivity index (χ3n) is 2.28. The first-order valence-electron chi connectivity index (χ1n) is 4.78. The van der Waals surface area contributed by atoms with Crippen molar-refractivity contribution >= 4 is 11.6 Å². The summed E-state index contributed by atoms with van der Waals surface area (Å²) in [4.78, 5) is 3.93. The highest BCUT2D eigenvalue weighted by molar-refractivity contribution is 6.29. The molecule has 0 spiro atoms. The van der Waals surface area contributed by atoms with Gasteiger partial charge < -0.3 is 0 Å². The maximum absolute atomic E-state index is 5.83. The number of nitrogens with two attached hydrogens (primary N) is 1. The van der Waals surface area contributed by atoms with Gasteiger partial charge in [-0.25, -0.2) is 10.4 Å². The molecular weight excluding hydrogens is 226 g/mol. The van der Waals surface area contributed by atoms with Crippen molar-refractivity contribution in [2.75, 3.05) is 0 Å². The fourth-order valence-corrected chi connectivity index (χ4v) is 1.72. The lowest BCUT2D eigenvalue weighted by Gasteiger charge is -2.13. The van der Waals surface area contributed by atoms with Crippen LogP contribution in [0.1, 0.15) is 17.3 Å². The van der Waals surface area contributed by atoms with E-state index in [1.54, 1.807) is 16.9 Å². The Morgan fingerprint density at radius 1 is 1.50 bits per heavy atom. The molecule has 0 amide bonds. The van der Waals surface area contributed by atoms with Crippen molar-refractivity contribution in [1.82, 2.24) is 20.2 Å². The zero-order valence-corrected chi connectivity index (χ0v) is 9.52. The summed E-state index contributed by atoms with van der Waals surface area (Å²) >= 11 is 5.83. The predicted octanol–water partition coefficient (Wildman–Crippen LogP) is 1.02. The number of halogens is 1. The Kier molecular flexibility index (Phi) is 3.19. The molecule has 0 aliphatic heterocycles. The van der Waals surface area contributed by atoms with Crippen molar-refractivity contribution in [2.24, 2.45) is 12.9 Å². The molecule has 0 aromatic carbocycles. The number of nitrogens with zero attached hydrogens (tertiary/aromatic N) is 3. The maximum atomic E-state index is 5.83. The fraction of sp³-hybridized carbons (Fsp3) is 0.200. The van der Waals surface area contributed by atoms with Gasteiger partial charge in [0.1, 0.15) is 5.15 Å². The van der Waals surface area contributed by atoms with Crippen molar-refractivity contribution < 1.29 is 0 Å². The summed E-state index contributed by atoms with van der Waals surface area (Å²) in [5.41, 5.74) is 4.48. The van der Waals surface area contributed by atoms with Gasteiger partial charge in [0, 0.05) is 19.4 Å². The molecule has 1 atom stereocenters. The van der Waals surface area contributed by atoms with E-state index in [4.69, 9.17) is 17.4 Å². The van der Waals surface area contributed by atoms with Gasteiger partial charge in [-0.1, -0.05) is 11.6 Å². The highest BCUT2D eigenvalue weighted by atomic mass is 35.5. The summed E-state index contributed by atoms with van der Waals surface area (Å²) < 4.78 is 1.72. The van der Waals surface area contributed by atoms with Gasteiger partial charge in [0.05, 0.1) is 11.7 Å². The van der Waals surface area contributed by atoms with Crippen LogP contribution < -0.4 is 11.3 Å². The third-order valence-corrected chi connectivity index (χ3v) is 2.49. The van der Waals surface area contributed by atoms with Gasteiger partial charge in [0.2, 0.25) is 0 Å². The van der Waals surface area contributed by atoms with Crippen LogP contribution in [-0.4, -0.2) is 14.8 Å². The molecule has 3 N–H and O–H groups in total. The van der Waals surface area contributed by atoms with Gasteiger partial charge in [-0.15, -0.1) is 0 Å². The van der Waals surface area contributed by atoms with E-state index in [9.17, 15) is 0 Å². The van der Waals surface area contributed by atoms with Crippen molar-refractivity contribution in [3.8, 4) is 0 Å². The van der Waals surface area contributed by atoms with E-state index >= 15 is 0 Å². The number of pyridine rings is 1. The average Bonchev–Trinajstić information content (AvgIpc) is 2.66. The molecule has 2 aromatic rings. The summed E-state index contributed by atoms with van der Waals surface area (Å²) in [5.74, 6) is 5.53. The Hall–Kier alpha value is -1.43. The zero-order valence-electron chi connectivity index (χ0n) is 8.76. The number of hydrogen-bond acceptors (Lipinski definition) is 4. The molecule has 5 nitrogen and oxygen atoms in total. The maximum Gasteiger partial charge on any atom is 0.129 e. The standard InChI is InChI=1S/C10H12ClN5/c1-16-5-3-8(15-16)10(14-12)7-2-4-13-9(11)6-7/h2-6,10,14H,12H2,1H3. The van der Waals surface area contributed by atoms with Crippen LogP contribution in [0.5, 0.6) is 0 Å². The lowest BCUT2D eigenvalue weighted by molar-refractivity contribution is 0.603. The van der Waals surface area contributed by atoms with Gasteiger partial charge in [0.25, 0.3) is 0 Å². The quantitative estimate of drug-likeness (QED) is 0.475. The number of aryl methyl sites for hydroxylation is 1. The monoisotopic (exact) mass is 237 g/mol. The van der Waals surface area contributed by atoms with Gasteiger partial charge in [0.15, 0.2) is 0 Å². The van der Waals surface area contributed by atoms with Crippen molar-refractivity contribution in [2.45, 2.75) is 6.04 Å². The minimum Gasteiger partial charge on any atom is -0.275 e. The summed E-state index contributed by atoms with van der Waals surface area (Å²) in [6.07, 6.45) is 3.51. The van der Waals surface area contributed by atoms with Crippen molar-refractivity contribution in [1.29, 1.82) is 0 Å². The van der Waals surface area contributed by atoms with Crippen LogP contribution in [0.3, 0.4) is 0 Å². The average molecular weight is 238 g/mol. The lowest BCUT2D eigenvalue weighted by atomic mass is 10.1. The molecule has 0 aliphatic carbocycles. The Morgan fingerprint density at radius 3 is 2.88 bits per heavy atom. The summed E-state index contributed by atoms with van der Waals surface area (Å²) in [7, 11) is 1.86. The molecule has 2 heterocycles.